The monoisotopic (exact) mass is 299 g/mol. The van der Waals surface area contributed by atoms with Gasteiger partial charge in [-0.15, -0.1) is 0 Å². The fourth-order valence-corrected chi connectivity index (χ4v) is 2.55. The van der Waals surface area contributed by atoms with Gasteiger partial charge in [0.1, 0.15) is 4.90 Å². The number of carboxylic acid groups (broad SMARTS) is 1. The molecule has 1 aromatic heterocycles. The molecule has 0 aromatic carbocycles. The smallest absolute Gasteiger partial charge is 0.371 e. The minimum atomic E-state index is -3.93. The molecule has 0 saturated heterocycles. The maximum atomic E-state index is 11.4. The van der Waals surface area contributed by atoms with E-state index in [1.807, 2.05) is 0 Å². The lowest BCUT2D eigenvalue weighted by atomic mass is 10.5. The molecule has 2 N–H and O–H groups in total. The van der Waals surface area contributed by atoms with Crippen molar-refractivity contribution in [1.82, 2.24) is 4.89 Å². The first-order valence-corrected chi connectivity index (χ1v) is 5.73. The van der Waals surface area contributed by atoms with Gasteiger partial charge in [-0.05, 0) is 15.9 Å². The molecule has 1 aromatic rings. The Kier molecular flexibility index (Phi) is 3.50. The Morgan fingerprint density at radius 1 is 1.67 bits per heavy atom. The third-order valence-corrected chi connectivity index (χ3v) is 3.47. The molecular weight excluding hydrogens is 294 g/mol. The van der Waals surface area contributed by atoms with Gasteiger partial charge in [-0.25, -0.2) is 13.2 Å². The lowest BCUT2D eigenvalue weighted by molar-refractivity contribution is 0.0661. The van der Waals surface area contributed by atoms with Gasteiger partial charge in [0.15, 0.2) is 4.67 Å². The summed E-state index contributed by atoms with van der Waals surface area (Å²) >= 11 is 2.79. The van der Waals surface area contributed by atoms with Gasteiger partial charge in [0.05, 0.1) is 7.11 Å². The number of carboxylic acids is 1. The predicted octanol–water partition coefficient (Wildman–Crippen LogP) is 0.580. The van der Waals surface area contributed by atoms with Crippen LogP contribution in [0.4, 0.5) is 0 Å². The first-order chi connectivity index (χ1) is 6.88. The summed E-state index contributed by atoms with van der Waals surface area (Å²) in [5, 5.41) is 8.56. The molecule has 0 fully saturated rings. The summed E-state index contributed by atoms with van der Waals surface area (Å²) in [5.41, 5.74) is 0. The normalized spacial score (nSPS) is 11.6. The van der Waals surface area contributed by atoms with Crippen molar-refractivity contribution in [3.8, 4) is 0 Å². The summed E-state index contributed by atoms with van der Waals surface area (Å²) in [6.07, 6.45) is 0. The van der Waals surface area contributed by atoms with Crippen molar-refractivity contribution in [2.24, 2.45) is 0 Å². The molecule has 1 rings (SSSR count). The summed E-state index contributed by atoms with van der Waals surface area (Å²) in [5.74, 6) is -1.85. The fraction of sp³-hybridized carbons (Fsp3) is 0.167. The van der Waals surface area contributed by atoms with Crippen LogP contribution >= 0.6 is 15.9 Å². The first kappa shape index (κ1) is 12.2. The van der Waals surface area contributed by atoms with E-state index in [2.05, 4.69) is 25.2 Å². The fourth-order valence-electron chi connectivity index (χ4n) is 0.795. The number of hydrogen-bond donors (Lipinski definition) is 2. The second-order valence-electron chi connectivity index (χ2n) is 2.34. The van der Waals surface area contributed by atoms with Gasteiger partial charge in [0.2, 0.25) is 5.76 Å². The molecule has 0 spiro atoms. The van der Waals surface area contributed by atoms with Crippen LogP contribution in [0.15, 0.2) is 20.0 Å². The van der Waals surface area contributed by atoms with Gasteiger partial charge in [-0.2, -0.15) is 0 Å². The number of carbonyl (C=O) groups is 1. The molecule has 84 valence electrons. The van der Waals surface area contributed by atoms with E-state index in [0.29, 0.717) is 0 Å². The van der Waals surface area contributed by atoms with E-state index in [1.165, 1.54) is 0 Å². The Balaban J connectivity index is 3.21. The van der Waals surface area contributed by atoms with Crippen LogP contribution in [0.25, 0.3) is 0 Å². The molecule has 0 amide bonds. The highest BCUT2D eigenvalue weighted by molar-refractivity contribution is 9.10. The van der Waals surface area contributed by atoms with Crippen molar-refractivity contribution in [2.45, 2.75) is 4.90 Å². The highest BCUT2D eigenvalue weighted by atomic mass is 79.9. The van der Waals surface area contributed by atoms with Crippen molar-refractivity contribution < 1.29 is 27.6 Å². The Bertz CT molecular complexity index is 478. The largest absolute Gasteiger partial charge is 0.475 e. The second kappa shape index (κ2) is 4.31. The van der Waals surface area contributed by atoms with Crippen LogP contribution < -0.4 is 4.89 Å². The maximum Gasteiger partial charge on any atom is 0.371 e. The standard InChI is InChI=1S/C6H6BrNO6S/c1-13-8-15(11,12)4-2-3(6(9)10)14-5(4)7/h2,8H,1H3,(H,9,10). The molecule has 0 aliphatic heterocycles. The van der Waals surface area contributed by atoms with E-state index in [4.69, 9.17) is 5.11 Å². The second-order valence-corrected chi connectivity index (χ2v) is 4.68. The zero-order valence-electron chi connectivity index (χ0n) is 7.35. The molecular formula is C6H6BrNO6S. The molecule has 0 unspecified atom stereocenters. The van der Waals surface area contributed by atoms with E-state index in [0.717, 1.165) is 13.2 Å². The number of rotatable bonds is 4. The number of aromatic carboxylic acids is 1. The van der Waals surface area contributed by atoms with Crippen LogP contribution in [0.5, 0.6) is 0 Å². The minimum absolute atomic E-state index is 0.204. The van der Waals surface area contributed by atoms with Crippen LogP contribution in [0, 0.1) is 0 Å². The molecule has 0 atom stereocenters. The van der Waals surface area contributed by atoms with Crippen molar-refractivity contribution in [3.63, 3.8) is 0 Å². The zero-order valence-corrected chi connectivity index (χ0v) is 9.75. The van der Waals surface area contributed by atoms with Crippen molar-refractivity contribution in [2.75, 3.05) is 7.11 Å². The van der Waals surface area contributed by atoms with E-state index in [1.54, 1.807) is 4.89 Å². The van der Waals surface area contributed by atoms with Gasteiger partial charge in [-0.1, -0.05) is 4.89 Å². The molecule has 7 nitrogen and oxygen atoms in total. The molecule has 9 heteroatoms. The van der Waals surface area contributed by atoms with Crippen molar-refractivity contribution >= 4 is 31.9 Å². The van der Waals surface area contributed by atoms with Crippen LogP contribution in [0.1, 0.15) is 10.6 Å². The third-order valence-electron chi connectivity index (χ3n) is 1.35. The maximum absolute atomic E-state index is 11.4. The topological polar surface area (TPSA) is 106 Å². The average Bonchev–Trinajstić information content (AvgIpc) is 2.47. The Hall–Kier alpha value is -0.900. The summed E-state index contributed by atoms with van der Waals surface area (Å²) in [7, 11) is -2.82. The number of nitrogens with one attached hydrogen (secondary N) is 1. The third kappa shape index (κ3) is 2.56. The van der Waals surface area contributed by atoms with Crippen LogP contribution in [0.3, 0.4) is 0 Å². The first-order valence-electron chi connectivity index (χ1n) is 3.46. The average molecular weight is 300 g/mol. The van der Waals surface area contributed by atoms with Gasteiger partial charge < -0.3 is 9.52 Å². The SMILES string of the molecule is CONS(=O)(=O)c1cc(C(=O)O)oc1Br. The summed E-state index contributed by atoms with van der Waals surface area (Å²) in [4.78, 5) is 16.1. The lowest BCUT2D eigenvalue weighted by Crippen LogP contribution is -2.22. The highest BCUT2D eigenvalue weighted by Crippen LogP contribution is 2.25. The summed E-state index contributed by atoms with van der Waals surface area (Å²) < 4.78 is 27.2. The quantitative estimate of drug-likeness (QED) is 0.788. The van der Waals surface area contributed by atoms with E-state index < -0.39 is 21.8 Å². The zero-order chi connectivity index (χ0) is 11.6. The number of halogens is 1. The molecule has 0 aliphatic carbocycles. The van der Waals surface area contributed by atoms with E-state index in [9.17, 15) is 13.2 Å². The van der Waals surface area contributed by atoms with Gasteiger partial charge in [0.25, 0.3) is 10.0 Å². The lowest BCUT2D eigenvalue weighted by Gasteiger charge is -2.00. The molecule has 0 saturated carbocycles. The van der Waals surface area contributed by atoms with Crippen LogP contribution in [0.2, 0.25) is 0 Å². The predicted molar refractivity (Wildman–Crippen MR) is 50.7 cm³/mol. The van der Waals surface area contributed by atoms with Crippen LogP contribution in [-0.4, -0.2) is 26.6 Å². The molecule has 0 bridgehead atoms. The molecule has 0 radical (unpaired) electrons. The number of hydrogen-bond acceptors (Lipinski definition) is 5. The number of sulfonamides is 1. The summed E-state index contributed by atoms with van der Waals surface area (Å²) in [6, 6.07) is 0.869. The minimum Gasteiger partial charge on any atom is -0.475 e. The Morgan fingerprint density at radius 3 is 2.67 bits per heavy atom. The molecule has 0 aliphatic rings. The van der Waals surface area contributed by atoms with E-state index >= 15 is 0 Å². The summed E-state index contributed by atoms with van der Waals surface area (Å²) in [6.45, 7) is 0. The van der Waals surface area contributed by atoms with Crippen molar-refractivity contribution in [1.29, 1.82) is 0 Å². The Morgan fingerprint density at radius 2 is 2.27 bits per heavy atom. The Labute approximate surface area is 93.2 Å². The highest BCUT2D eigenvalue weighted by Gasteiger charge is 2.24. The molecule has 15 heavy (non-hydrogen) atoms. The number of furan rings is 1. The van der Waals surface area contributed by atoms with Gasteiger partial charge in [0, 0.05) is 6.07 Å². The van der Waals surface area contributed by atoms with Crippen molar-refractivity contribution in [3.05, 3.63) is 16.5 Å². The van der Waals surface area contributed by atoms with Gasteiger partial charge >= 0.3 is 5.97 Å². The molecule has 1 heterocycles. The van der Waals surface area contributed by atoms with Gasteiger partial charge in [-0.3, -0.25) is 4.84 Å². The van der Waals surface area contributed by atoms with Crippen LogP contribution in [-0.2, 0) is 14.9 Å². The van der Waals surface area contributed by atoms with E-state index in [-0.39, 0.29) is 9.56 Å².